The fraction of sp³-hybridized carbons (Fsp3) is 0.600. The molecule has 3 rings (SSSR count). The molecule has 1 aromatic carbocycles. The van der Waals surface area contributed by atoms with Crippen molar-refractivity contribution in [2.75, 3.05) is 33.1 Å². The van der Waals surface area contributed by atoms with Crippen LogP contribution in [0.3, 0.4) is 0 Å². The Morgan fingerprint density at radius 3 is 2.85 bits per heavy atom. The summed E-state index contributed by atoms with van der Waals surface area (Å²) in [6.45, 7) is 2.26. The maximum absolute atomic E-state index is 12.6. The second kappa shape index (κ2) is 9.42. The third-order valence-corrected chi connectivity index (χ3v) is 6.11. The van der Waals surface area contributed by atoms with Gasteiger partial charge in [-0.05, 0) is 30.9 Å². The van der Waals surface area contributed by atoms with E-state index in [0.29, 0.717) is 18.3 Å². The van der Waals surface area contributed by atoms with Gasteiger partial charge in [0.2, 0.25) is 5.91 Å². The van der Waals surface area contributed by atoms with Crippen molar-refractivity contribution in [3.63, 3.8) is 0 Å². The molecule has 2 aromatic rings. The van der Waals surface area contributed by atoms with Crippen molar-refractivity contribution in [1.82, 2.24) is 14.5 Å². The first-order valence-electron chi connectivity index (χ1n) is 9.50. The Balaban J connectivity index is 1.61. The lowest BCUT2D eigenvalue weighted by Crippen LogP contribution is -2.33. The first kappa shape index (κ1) is 19.2. The lowest BCUT2D eigenvalue weighted by atomic mass is 9.89. The lowest BCUT2D eigenvalue weighted by Gasteiger charge is -2.27. The van der Waals surface area contributed by atoms with Gasteiger partial charge in [0.25, 0.3) is 0 Å². The van der Waals surface area contributed by atoms with Crippen LogP contribution in [0.5, 0.6) is 0 Å². The summed E-state index contributed by atoms with van der Waals surface area (Å²) in [7, 11) is 3.64. The summed E-state index contributed by atoms with van der Waals surface area (Å²) in [5.41, 5.74) is 2.06. The van der Waals surface area contributed by atoms with Gasteiger partial charge < -0.3 is 14.2 Å². The van der Waals surface area contributed by atoms with Gasteiger partial charge in [0.15, 0.2) is 5.16 Å². The molecule has 1 heterocycles. The van der Waals surface area contributed by atoms with Gasteiger partial charge in [0.1, 0.15) is 0 Å². The van der Waals surface area contributed by atoms with Crippen LogP contribution >= 0.6 is 11.8 Å². The molecule has 0 aliphatic heterocycles. The van der Waals surface area contributed by atoms with Crippen molar-refractivity contribution in [1.29, 1.82) is 0 Å². The molecule has 1 aliphatic carbocycles. The van der Waals surface area contributed by atoms with Crippen molar-refractivity contribution in [3.05, 3.63) is 24.3 Å². The highest BCUT2D eigenvalue weighted by atomic mass is 32.2. The number of para-hydroxylation sites is 2. The molecule has 1 fully saturated rings. The van der Waals surface area contributed by atoms with Crippen LogP contribution in [0.1, 0.15) is 32.1 Å². The zero-order chi connectivity index (χ0) is 18.4. The van der Waals surface area contributed by atoms with E-state index < -0.39 is 0 Å². The monoisotopic (exact) mass is 375 g/mol. The number of rotatable bonds is 8. The van der Waals surface area contributed by atoms with E-state index in [-0.39, 0.29) is 5.91 Å². The summed E-state index contributed by atoms with van der Waals surface area (Å²) >= 11 is 1.53. The van der Waals surface area contributed by atoms with Crippen molar-refractivity contribution in [2.24, 2.45) is 5.92 Å². The lowest BCUT2D eigenvalue weighted by molar-refractivity contribution is -0.127. The number of thioether (sulfide) groups is 1. The molecular formula is C20H29N3O2S. The summed E-state index contributed by atoms with van der Waals surface area (Å²) in [6.07, 6.45) is 6.49. The number of ether oxygens (including phenoxy) is 1. The number of carbonyl (C=O) groups is 1. The molecule has 0 radical (unpaired) electrons. The minimum atomic E-state index is 0.186. The molecule has 0 spiro atoms. The predicted octanol–water partition coefficient (Wildman–Crippen LogP) is 3.81. The second-order valence-corrected chi connectivity index (χ2v) is 8.04. The highest BCUT2D eigenvalue weighted by molar-refractivity contribution is 7.99. The van der Waals surface area contributed by atoms with E-state index in [1.165, 1.54) is 43.9 Å². The first-order valence-corrected chi connectivity index (χ1v) is 10.5. The highest BCUT2D eigenvalue weighted by Gasteiger charge is 2.19. The maximum Gasteiger partial charge on any atom is 0.232 e. The molecule has 142 valence electrons. The number of fused-ring (bicyclic) bond motifs is 1. The number of imidazole rings is 1. The molecule has 26 heavy (non-hydrogen) atoms. The first-order chi connectivity index (χ1) is 12.7. The molecule has 5 nitrogen and oxygen atoms in total. The number of methoxy groups -OCH3 is 1. The van der Waals surface area contributed by atoms with Crippen LogP contribution in [0.15, 0.2) is 29.4 Å². The zero-order valence-corrected chi connectivity index (χ0v) is 16.6. The Bertz CT molecular complexity index is 725. The Labute approximate surface area is 160 Å². The molecule has 0 atom stereocenters. The fourth-order valence-electron chi connectivity index (χ4n) is 3.66. The predicted molar refractivity (Wildman–Crippen MR) is 107 cm³/mol. The normalized spacial score (nSPS) is 15.5. The fourth-order valence-corrected chi connectivity index (χ4v) is 4.64. The minimum Gasteiger partial charge on any atom is -0.383 e. The van der Waals surface area contributed by atoms with Crippen LogP contribution in [-0.4, -0.2) is 53.4 Å². The smallest absolute Gasteiger partial charge is 0.232 e. The molecule has 0 bridgehead atoms. The SMILES string of the molecule is COCCn1c(SCC(=O)N(C)CC2CCCCC2)nc2ccccc21. The van der Waals surface area contributed by atoms with Crippen LogP contribution in [0, 0.1) is 5.92 Å². The van der Waals surface area contributed by atoms with Gasteiger partial charge in [0.05, 0.1) is 23.4 Å². The zero-order valence-electron chi connectivity index (χ0n) is 15.8. The largest absolute Gasteiger partial charge is 0.383 e. The van der Waals surface area contributed by atoms with Crippen molar-refractivity contribution in [3.8, 4) is 0 Å². The molecule has 6 heteroatoms. The van der Waals surface area contributed by atoms with E-state index in [1.807, 2.05) is 30.1 Å². The van der Waals surface area contributed by atoms with Crippen LogP contribution in [0.4, 0.5) is 0 Å². The summed E-state index contributed by atoms with van der Waals surface area (Å²) in [4.78, 5) is 19.2. The van der Waals surface area contributed by atoms with E-state index in [1.54, 1.807) is 7.11 Å². The van der Waals surface area contributed by atoms with Gasteiger partial charge in [-0.25, -0.2) is 4.98 Å². The number of nitrogens with zero attached hydrogens (tertiary/aromatic N) is 3. The number of benzene rings is 1. The van der Waals surface area contributed by atoms with Crippen LogP contribution in [0.25, 0.3) is 11.0 Å². The topological polar surface area (TPSA) is 47.4 Å². The van der Waals surface area contributed by atoms with Gasteiger partial charge in [-0.3, -0.25) is 4.79 Å². The maximum atomic E-state index is 12.6. The van der Waals surface area contributed by atoms with E-state index in [4.69, 9.17) is 9.72 Å². The quantitative estimate of drug-likeness (QED) is 0.658. The van der Waals surface area contributed by atoms with Gasteiger partial charge in [-0.1, -0.05) is 43.2 Å². The van der Waals surface area contributed by atoms with Crippen LogP contribution in [-0.2, 0) is 16.1 Å². The third kappa shape index (κ3) is 4.80. The Hall–Kier alpha value is -1.53. The standard InChI is InChI=1S/C20H29N3O2S/c1-22(14-16-8-4-3-5-9-16)19(24)15-26-20-21-17-10-6-7-11-18(17)23(20)12-13-25-2/h6-7,10-11,16H,3-5,8-9,12-15H2,1-2H3. The molecule has 0 saturated heterocycles. The van der Waals surface area contributed by atoms with Crippen molar-refractivity contribution < 1.29 is 9.53 Å². The molecule has 0 N–H and O–H groups in total. The number of hydrogen-bond acceptors (Lipinski definition) is 4. The number of aromatic nitrogens is 2. The number of amides is 1. The second-order valence-electron chi connectivity index (χ2n) is 7.09. The van der Waals surface area contributed by atoms with Gasteiger partial charge >= 0.3 is 0 Å². The molecular weight excluding hydrogens is 346 g/mol. The average molecular weight is 376 g/mol. The summed E-state index contributed by atoms with van der Waals surface area (Å²) in [5.74, 6) is 1.29. The van der Waals surface area contributed by atoms with Crippen LogP contribution in [0.2, 0.25) is 0 Å². The highest BCUT2D eigenvalue weighted by Crippen LogP contribution is 2.26. The Kier molecular flexibility index (Phi) is 6.97. The molecule has 0 unspecified atom stereocenters. The Morgan fingerprint density at radius 1 is 1.31 bits per heavy atom. The van der Waals surface area contributed by atoms with Gasteiger partial charge in [-0.15, -0.1) is 0 Å². The van der Waals surface area contributed by atoms with Gasteiger partial charge in [-0.2, -0.15) is 0 Å². The Morgan fingerprint density at radius 2 is 2.08 bits per heavy atom. The average Bonchev–Trinajstić information content (AvgIpc) is 3.02. The minimum absolute atomic E-state index is 0.186. The summed E-state index contributed by atoms with van der Waals surface area (Å²) < 4.78 is 7.39. The number of hydrogen-bond donors (Lipinski definition) is 0. The molecule has 1 saturated carbocycles. The molecule has 1 aromatic heterocycles. The molecule has 1 aliphatic rings. The third-order valence-electron chi connectivity index (χ3n) is 5.15. The van der Waals surface area contributed by atoms with Crippen molar-refractivity contribution >= 4 is 28.7 Å². The van der Waals surface area contributed by atoms with E-state index in [2.05, 4.69) is 10.6 Å². The summed E-state index contributed by atoms with van der Waals surface area (Å²) in [6, 6.07) is 8.09. The van der Waals surface area contributed by atoms with E-state index in [9.17, 15) is 4.79 Å². The van der Waals surface area contributed by atoms with Crippen LogP contribution < -0.4 is 0 Å². The number of carbonyl (C=O) groups excluding carboxylic acids is 1. The molecule has 1 amide bonds. The van der Waals surface area contributed by atoms with Crippen molar-refractivity contribution in [2.45, 2.75) is 43.8 Å². The summed E-state index contributed by atoms with van der Waals surface area (Å²) in [5, 5.41) is 0.891. The van der Waals surface area contributed by atoms with E-state index in [0.717, 1.165) is 29.3 Å². The van der Waals surface area contributed by atoms with Gasteiger partial charge in [0, 0.05) is 27.2 Å². The van der Waals surface area contributed by atoms with E-state index >= 15 is 0 Å².